The minimum atomic E-state index is -1.18. The molecule has 23 nitrogen and oxygen atoms in total. The molecule has 86 heavy (non-hydrogen) atoms. The van der Waals surface area contributed by atoms with E-state index in [2.05, 4.69) is 34.1 Å². The van der Waals surface area contributed by atoms with Crippen molar-refractivity contribution in [3.8, 4) is 12.3 Å². The molecule has 0 aliphatic rings. The van der Waals surface area contributed by atoms with Gasteiger partial charge in [-0.1, -0.05) is 105 Å². The van der Waals surface area contributed by atoms with Crippen LogP contribution in [0, 0.1) is 17.8 Å². The highest BCUT2D eigenvalue weighted by Crippen LogP contribution is 2.17. The van der Waals surface area contributed by atoms with Crippen LogP contribution < -0.4 is 21.3 Å². The van der Waals surface area contributed by atoms with Gasteiger partial charge in [0.15, 0.2) is 0 Å². The summed E-state index contributed by atoms with van der Waals surface area (Å²) >= 11 is 0. The van der Waals surface area contributed by atoms with Crippen molar-refractivity contribution in [2.24, 2.45) is 5.41 Å². The second-order valence-electron chi connectivity index (χ2n) is 21.7. The Morgan fingerprint density at radius 1 is 0.384 bits per heavy atom. The molecule has 0 rings (SSSR count). The lowest BCUT2D eigenvalue weighted by Gasteiger charge is -2.18. The average Bonchev–Trinajstić information content (AvgIpc) is 3.50. The first kappa shape index (κ1) is 82.1. The summed E-state index contributed by atoms with van der Waals surface area (Å²) in [7, 11) is 0. The second-order valence-corrected chi connectivity index (χ2v) is 21.7. The Morgan fingerprint density at radius 3 is 1.13 bits per heavy atom. The number of carbonyl (C=O) groups excluding carboxylic acids is 5. The lowest BCUT2D eigenvalue weighted by Crippen LogP contribution is -2.47. The van der Waals surface area contributed by atoms with Gasteiger partial charge in [-0.25, -0.2) is 4.79 Å². The first-order valence-corrected chi connectivity index (χ1v) is 32.1. The van der Waals surface area contributed by atoms with Crippen molar-refractivity contribution in [3.63, 3.8) is 0 Å². The first-order valence-electron chi connectivity index (χ1n) is 32.1. The maximum Gasteiger partial charge on any atom is 0.326 e. The van der Waals surface area contributed by atoms with Crippen LogP contribution in [0.15, 0.2) is 0 Å². The van der Waals surface area contributed by atoms with Crippen molar-refractivity contribution in [1.29, 1.82) is 0 Å². The molecule has 0 fully saturated rings. The van der Waals surface area contributed by atoms with Gasteiger partial charge in [-0.2, -0.15) is 0 Å². The molecule has 2 atom stereocenters. The summed E-state index contributed by atoms with van der Waals surface area (Å²) in [6, 6.07) is -1.96. The van der Waals surface area contributed by atoms with Crippen LogP contribution in [0.4, 0.5) is 0 Å². The monoisotopic (exact) mass is 1230 g/mol. The molecule has 0 aromatic carbocycles. The molecule has 0 aromatic rings. The summed E-state index contributed by atoms with van der Waals surface area (Å²) in [6.45, 7) is 18.7. The zero-order chi connectivity index (χ0) is 63.1. The van der Waals surface area contributed by atoms with Crippen molar-refractivity contribution in [1.82, 2.24) is 21.3 Å². The van der Waals surface area contributed by atoms with E-state index in [0.717, 1.165) is 19.3 Å². The van der Waals surface area contributed by atoms with Gasteiger partial charge >= 0.3 is 5.97 Å². The average molecular weight is 1230 g/mol. The Hall–Kier alpha value is -3.90. The van der Waals surface area contributed by atoms with E-state index in [1.807, 2.05) is 20.8 Å². The molecule has 502 valence electrons. The zero-order valence-corrected chi connectivity index (χ0v) is 53.5. The number of rotatable bonds is 67. The smallest absolute Gasteiger partial charge is 0.326 e. The number of Topliss-reactive ketones (excluding diaryl/α,β-unsaturated/α-hetero) is 1. The predicted molar refractivity (Wildman–Crippen MR) is 328 cm³/mol. The number of carbonyl (C=O) groups is 6. The molecule has 0 spiro atoms. The fourth-order valence-electron chi connectivity index (χ4n) is 8.04. The lowest BCUT2D eigenvalue weighted by molar-refractivity contribution is -0.142. The summed E-state index contributed by atoms with van der Waals surface area (Å²) in [5.74, 6) is 0.0671. The van der Waals surface area contributed by atoms with Crippen LogP contribution in [0.25, 0.3) is 0 Å². The second kappa shape index (κ2) is 62.7. The van der Waals surface area contributed by atoms with Gasteiger partial charge in [0, 0.05) is 50.6 Å². The van der Waals surface area contributed by atoms with Crippen molar-refractivity contribution >= 4 is 35.4 Å². The van der Waals surface area contributed by atoms with Crippen LogP contribution in [-0.2, 0) is 85.6 Å². The molecular weight excluding hydrogens is 1120 g/mol. The Morgan fingerprint density at radius 2 is 0.744 bits per heavy atom. The maximum absolute atomic E-state index is 13.0. The molecule has 0 aromatic heterocycles. The quantitative estimate of drug-likeness (QED) is 0.0329. The number of nitrogens with one attached hydrogen (secondary N) is 4. The van der Waals surface area contributed by atoms with Crippen LogP contribution in [-0.4, -0.2) is 224 Å². The number of ether oxygens (including phenoxy) is 12. The van der Waals surface area contributed by atoms with Gasteiger partial charge in [0.05, 0.1) is 159 Å². The van der Waals surface area contributed by atoms with Crippen molar-refractivity contribution in [2.75, 3.05) is 172 Å². The molecular formula is C63H116N4O19. The minimum absolute atomic E-state index is 0.0306. The van der Waals surface area contributed by atoms with Gasteiger partial charge in [-0.15, -0.1) is 12.3 Å². The van der Waals surface area contributed by atoms with Gasteiger partial charge < -0.3 is 83.2 Å². The fourth-order valence-corrected chi connectivity index (χ4v) is 8.04. The molecule has 0 saturated heterocycles. The topological polar surface area (TPSA) is 282 Å². The predicted octanol–water partition coefficient (Wildman–Crippen LogP) is 6.32. The number of carboxylic acid groups (broad SMARTS) is 1. The highest BCUT2D eigenvalue weighted by atomic mass is 16.6. The highest BCUT2D eigenvalue weighted by Gasteiger charge is 2.23. The van der Waals surface area contributed by atoms with Crippen LogP contribution in [0.5, 0.6) is 0 Å². The van der Waals surface area contributed by atoms with E-state index in [4.69, 9.17) is 63.3 Å². The normalized spacial score (nSPS) is 12.2. The largest absolute Gasteiger partial charge is 0.480 e. The zero-order valence-electron chi connectivity index (χ0n) is 53.5. The van der Waals surface area contributed by atoms with E-state index in [1.54, 1.807) is 0 Å². The maximum atomic E-state index is 13.0. The Bertz CT molecular complexity index is 1670. The van der Waals surface area contributed by atoms with Gasteiger partial charge in [0.2, 0.25) is 23.6 Å². The van der Waals surface area contributed by atoms with Crippen molar-refractivity contribution in [2.45, 2.75) is 181 Å². The van der Waals surface area contributed by atoms with E-state index in [-0.39, 0.29) is 80.1 Å². The van der Waals surface area contributed by atoms with Crippen LogP contribution in [0.3, 0.4) is 0 Å². The molecule has 0 heterocycles. The number of ketones is 1. The number of terminal acetylenes is 1. The minimum Gasteiger partial charge on any atom is -0.480 e. The third-order valence-corrected chi connectivity index (χ3v) is 13.1. The number of hydrogen-bond acceptors (Lipinski definition) is 18. The SMILES string of the molecule is C#CCCC(=O)N[C@H](CCCCNC(=O)CC[C@@H](NC(=O)CCCCCCCCCCCCCCC)C(=O)O)C(=O)NCCOCCOCCOCCOCCOCCOCCOCCOCCOCCOCCOCCOCCC(=O)C(C)(C)C. The van der Waals surface area contributed by atoms with Crippen molar-refractivity contribution in [3.05, 3.63) is 0 Å². The van der Waals surface area contributed by atoms with E-state index in [9.17, 15) is 33.9 Å². The van der Waals surface area contributed by atoms with E-state index in [0.29, 0.717) is 191 Å². The number of carboxylic acids is 1. The molecule has 5 N–H and O–H groups in total. The summed E-state index contributed by atoms with van der Waals surface area (Å²) < 4.78 is 66.1. The van der Waals surface area contributed by atoms with Gasteiger partial charge in [0.1, 0.15) is 17.9 Å². The first-order chi connectivity index (χ1) is 41.8. The van der Waals surface area contributed by atoms with Crippen molar-refractivity contribution < 1.29 is 90.7 Å². The fraction of sp³-hybridized carbons (Fsp3) is 0.873. The van der Waals surface area contributed by atoms with Gasteiger partial charge in [-0.3, -0.25) is 24.0 Å². The van der Waals surface area contributed by atoms with Gasteiger partial charge in [-0.05, 0) is 32.1 Å². The summed E-state index contributed by atoms with van der Waals surface area (Å²) in [5, 5.41) is 20.5. The molecule has 0 saturated carbocycles. The summed E-state index contributed by atoms with van der Waals surface area (Å²) in [6.07, 6.45) is 23.1. The number of unbranched alkanes of at least 4 members (excludes halogenated alkanes) is 13. The van der Waals surface area contributed by atoms with Crippen LogP contribution >= 0.6 is 0 Å². The number of hydrogen-bond donors (Lipinski definition) is 5. The Balaban J connectivity index is 3.79. The molecule has 0 aliphatic heterocycles. The highest BCUT2D eigenvalue weighted by molar-refractivity contribution is 5.87. The Labute approximate surface area is 516 Å². The third kappa shape index (κ3) is 59.1. The molecule has 4 amide bonds. The van der Waals surface area contributed by atoms with E-state index in [1.165, 1.54) is 57.8 Å². The molecule has 0 unspecified atom stereocenters. The van der Waals surface area contributed by atoms with Gasteiger partial charge in [0.25, 0.3) is 0 Å². The molecule has 0 radical (unpaired) electrons. The van der Waals surface area contributed by atoms with E-state index < -0.39 is 18.1 Å². The number of amides is 4. The van der Waals surface area contributed by atoms with Crippen LogP contribution in [0.1, 0.15) is 169 Å². The third-order valence-electron chi connectivity index (χ3n) is 13.1. The lowest BCUT2D eigenvalue weighted by atomic mass is 9.89. The van der Waals surface area contributed by atoms with E-state index >= 15 is 0 Å². The Kier molecular flexibility index (Phi) is 59.9. The molecule has 23 heteroatoms. The molecule has 0 aliphatic carbocycles. The van der Waals surface area contributed by atoms with Crippen LogP contribution in [0.2, 0.25) is 0 Å². The summed E-state index contributed by atoms with van der Waals surface area (Å²) in [5.41, 5.74) is -0.333. The standard InChI is InChI=1S/C63H116N4O19/c1-6-8-10-11-12-13-14-15-16-17-18-19-20-25-60(71)67-56(62(73)74)26-27-58(69)64-29-22-21-23-55(66-59(70)24-9-7-2)61(72)65-30-32-76-34-36-78-38-40-80-42-44-82-46-48-84-50-52-86-54-53-85-51-49-83-47-45-81-43-41-79-39-37-77-35-33-75-31-28-57(68)63(3,4)5/h2,55-56H,6,8-54H2,1,3-5H3,(H,64,69)(H,65,72)(H,66,70)(H,67,71)(H,73,74)/t55-,56-/m1/s1. The molecule has 0 bridgehead atoms. The summed E-state index contributed by atoms with van der Waals surface area (Å²) in [4.78, 5) is 74.2. The number of aliphatic carboxylic acids is 1.